The summed E-state index contributed by atoms with van der Waals surface area (Å²) in [6.45, 7) is 0. The van der Waals surface area contributed by atoms with Gasteiger partial charge in [-0.15, -0.1) is 0 Å². The summed E-state index contributed by atoms with van der Waals surface area (Å²) in [7, 11) is 3.07. The number of hydrogen-bond acceptors (Lipinski definition) is 5. The van der Waals surface area contributed by atoms with Crippen LogP contribution in [0.25, 0.3) is 0 Å². The summed E-state index contributed by atoms with van der Waals surface area (Å²) in [6.07, 6.45) is 0.123. The zero-order chi connectivity index (χ0) is 16.1. The average Bonchev–Trinajstić information content (AvgIpc) is 2.54. The van der Waals surface area contributed by atoms with Gasteiger partial charge in [-0.2, -0.15) is 0 Å². The fourth-order valence-corrected chi connectivity index (χ4v) is 2.06. The first-order valence-corrected chi connectivity index (χ1v) is 6.53. The van der Waals surface area contributed by atoms with Crippen molar-refractivity contribution in [3.8, 4) is 11.5 Å². The van der Waals surface area contributed by atoms with E-state index in [1.807, 2.05) is 0 Å². The molecule has 0 saturated heterocycles. The zero-order valence-electron chi connectivity index (χ0n) is 12.2. The van der Waals surface area contributed by atoms with Crippen LogP contribution in [0.2, 0.25) is 0 Å². The average molecular weight is 301 g/mol. The first kappa shape index (κ1) is 15.5. The Balaban J connectivity index is 2.22. The van der Waals surface area contributed by atoms with Crippen LogP contribution in [-0.4, -0.2) is 24.9 Å². The van der Waals surface area contributed by atoms with E-state index < -0.39 is 4.92 Å². The fraction of sp³-hybridized carbons (Fsp3) is 0.188. The Kier molecular flexibility index (Phi) is 4.73. The number of ketones is 1. The minimum atomic E-state index is -0.501. The number of carbonyl (C=O) groups excluding carboxylic acids is 1. The first-order chi connectivity index (χ1) is 10.5. The Hall–Kier alpha value is -2.89. The first-order valence-electron chi connectivity index (χ1n) is 6.53. The van der Waals surface area contributed by atoms with E-state index in [1.165, 1.54) is 31.4 Å². The smallest absolute Gasteiger partial charge is 0.269 e. The number of benzene rings is 2. The van der Waals surface area contributed by atoms with Crippen LogP contribution in [0, 0.1) is 10.1 Å². The minimum absolute atomic E-state index is 0.0458. The van der Waals surface area contributed by atoms with Crippen LogP contribution >= 0.6 is 0 Å². The van der Waals surface area contributed by atoms with Crippen molar-refractivity contribution in [2.75, 3.05) is 14.2 Å². The molecule has 0 fully saturated rings. The van der Waals surface area contributed by atoms with E-state index in [4.69, 9.17) is 9.47 Å². The second kappa shape index (κ2) is 6.71. The maximum Gasteiger partial charge on any atom is 0.269 e. The molecule has 0 amide bonds. The molecule has 0 aromatic heterocycles. The molecule has 0 radical (unpaired) electrons. The molecule has 0 unspecified atom stereocenters. The largest absolute Gasteiger partial charge is 0.497 e. The lowest BCUT2D eigenvalue weighted by molar-refractivity contribution is -0.384. The number of nitro benzene ring substituents is 1. The van der Waals surface area contributed by atoms with Gasteiger partial charge in [0.25, 0.3) is 5.69 Å². The van der Waals surface area contributed by atoms with Gasteiger partial charge in [0.05, 0.1) is 19.1 Å². The number of Topliss-reactive ketones (excluding diaryl/α,β-unsaturated/α-hetero) is 1. The molecule has 2 aromatic rings. The molecule has 6 heteroatoms. The Labute approximate surface area is 127 Å². The number of methoxy groups -OCH3 is 2. The fourth-order valence-electron chi connectivity index (χ4n) is 2.06. The summed E-state index contributed by atoms with van der Waals surface area (Å²) in [4.78, 5) is 22.4. The van der Waals surface area contributed by atoms with E-state index in [2.05, 4.69) is 0 Å². The quantitative estimate of drug-likeness (QED) is 0.465. The molecule has 0 bridgehead atoms. The Morgan fingerprint density at radius 2 is 1.77 bits per heavy atom. The van der Waals surface area contributed by atoms with Crippen LogP contribution in [0.5, 0.6) is 11.5 Å². The molecule has 22 heavy (non-hydrogen) atoms. The molecular formula is C16H15NO5. The maximum atomic E-state index is 12.3. The molecule has 0 aliphatic heterocycles. The number of rotatable bonds is 6. The van der Waals surface area contributed by atoms with Crippen molar-refractivity contribution < 1.29 is 19.2 Å². The molecule has 2 rings (SSSR count). The van der Waals surface area contributed by atoms with Gasteiger partial charge < -0.3 is 9.47 Å². The van der Waals surface area contributed by atoms with Crippen LogP contribution in [0.15, 0.2) is 42.5 Å². The highest BCUT2D eigenvalue weighted by Gasteiger charge is 2.13. The highest BCUT2D eigenvalue weighted by molar-refractivity contribution is 5.98. The van der Waals surface area contributed by atoms with E-state index in [0.717, 1.165) is 0 Å². The van der Waals surface area contributed by atoms with E-state index in [-0.39, 0.29) is 17.9 Å². The lowest BCUT2D eigenvalue weighted by Gasteiger charge is -2.10. The second-order valence-electron chi connectivity index (χ2n) is 4.58. The minimum Gasteiger partial charge on any atom is -0.497 e. The van der Waals surface area contributed by atoms with E-state index in [1.54, 1.807) is 25.3 Å². The van der Waals surface area contributed by atoms with Crippen LogP contribution in [0.3, 0.4) is 0 Å². The molecule has 6 nitrogen and oxygen atoms in total. The van der Waals surface area contributed by atoms with Gasteiger partial charge in [-0.3, -0.25) is 14.9 Å². The van der Waals surface area contributed by atoms with Crippen molar-refractivity contribution in [2.45, 2.75) is 6.42 Å². The molecule has 0 atom stereocenters. The lowest BCUT2D eigenvalue weighted by atomic mass is 10.0. The van der Waals surface area contributed by atoms with Gasteiger partial charge >= 0.3 is 0 Å². The Morgan fingerprint density at radius 3 is 2.32 bits per heavy atom. The van der Waals surface area contributed by atoms with Crippen LogP contribution in [0.1, 0.15) is 15.9 Å². The molecule has 0 spiro atoms. The standard InChI is InChI=1S/C16H15NO5/c1-21-14-7-8-16(22-2)12(9-14)10-15(18)11-3-5-13(6-4-11)17(19)20/h3-9H,10H2,1-2H3. The van der Waals surface area contributed by atoms with E-state index in [9.17, 15) is 14.9 Å². The normalized spacial score (nSPS) is 10.1. The predicted molar refractivity (Wildman–Crippen MR) is 80.7 cm³/mol. The van der Waals surface area contributed by atoms with Crippen LogP contribution in [0.4, 0.5) is 5.69 Å². The molecule has 114 valence electrons. The highest BCUT2D eigenvalue weighted by atomic mass is 16.6. The van der Waals surface area contributed by atoms with Crippen molar-refractivity contribution in [3.05, 3.63) is 63.7 Å². The summed E-state index contributed by atoms with van der Waals surface area (Å²) in [5.74, 6) is 1.07. The molecule has 0 aliphatic rings. The van der Waals surface area contributed by atoms with Gasteiger partial charge in [0, 0.05) is 29.7 Å². The molecule has 0 saturated carbocycles. The summed E-state index contributed by atoms with van der Waals surface area (Å²) in [6, 6.07) is 10.8. The summed E-state index contributed by atoms with van der Waals surface area (Å²) >= 11 is 0. The predicted octanol–water partition coefficient (Wildman–Crippen LogP) is 3.04. The van der Waals surface area contributed by atoms with E-state index >= 15 is 0 Å². The third-order valence-corrected chi connectivity index (χ3v) is 3.24. The number of ether oxygens (including phenoxy) is 2. The zero-order valence-corrected chi connectivity index (χ0v) is 12.2. The SMILES string of the molecule is COc1ccc(OC)c(CC(=O)c2ccc([N+](=O)[O-])cc2)c1. The molecule has 0 N–H and O–H groups in total. The van der Waals surface area contributed by atoms with Gasteiger partial charge in [-0.25, -0.2) is 0 Å². The molecule has 0 heterocycles. The van der Waals surface area contributed by atoms with Gasteiger partial charge in [0.1, 0.15) is 11.5 Å². The van der Waals surface area contributed by atoms with Crippen molar-refractivity contribution in [2.24, 2.45) is 0 Å². The summed E-state index contributed by atoms with van der Waals surface area (Å²) in [5, 5.41) is 10.6. The van der Waals surface area contributed by atoms with Crippen LogP contribution < -0.4 is 9.47 Å². The van der Waals surface area contributed by atoms with Crippen LogP contribution in [-0.2, 0) is 6.42 Å². The Bertz CT molecular complexity index is 694. The van der Waals surface area contributed by atoms with E-state index in [0.29, 0.717) is 22.6 Å². The van der Waals surface area contributed by atoms with Gasteiger partial charge in [-0.1, -0.05) is 0 Å². The topological polar surface area (TPSA) is 78.7 Å². The molecular weight excluding hydrogens is 286 g/mol. The monoisotopic (exact) mass is 301 g/mol. The summed E-state index contributed by atoms with van der Waals surface area (Å²) in [5.41, 5.74) is 1.07. The third kappa shape index (κ3) is 3.41. The van der Waals surface area contributed by atoms with Crippen molar-refractivity contribution in [1.82, 2.24) is 0 Å². The number of hydrogen-bond donors (Lipinski definition) is 0. The highest BCUT2D eigenvalue weighted by Crippen LogP contribution is 2.25. The number of carbonyl (C=O) groups is 1. The van der Waals surface area contributed by atoms with Crippen molar-refractivity contribution in [3.63, 3.8) is 0 Å². The van der Waals surface area contributed by atoms with Crippen molar-refractivity contribution in [1.29, 1.82) is 0 Å². The lowest BCUT2D eigenvalue weighted by Crippen LogP contribution is -2.05. The maximum absolute atomic E-state index is 12.3. The second-order valence-corrected chi connectivity index (χ2v) is 4.58. The number of nitrogens with zero attached hydrogens (tertiary/aromatic N) is 1. The Morgan fingerprint density at radius 1 is 1.09 bits per heavy atom. The number of non-ortho nitro benzene ring substituents is 1. The molecule has 2 aromatic carbocycles. The summed E-state index contributed by atoms with van der Waals surface area (Å²) < 4.78 is 10.4. The molecule has 0 aliphatic carbocycles. The third-order valence-electron chi connectivity index (χ3n) is 3.24. The number of nitro groups is 1. The van der Waals surface area contributed by atoms with Gasteiger partial charge in [0.15, 0.2) is 5.78 Å². The van der Waals surface area contributed by atoms with Crippen molar-refractivity contribution >= 4 is 11.5 Å². The van der Waals surface area contributed by atoms with Gasteiger partial charge in [0.2, 0.25) is 0 Å². The van der Waals surface area contributed by atoms with Gasteiger partial charge in [-0.05, 0) is 30.3 Å².